The van der Waals surface area contributed by atoms with Crippen molar-refractivity contribution in [3.05, 3.63) is 30.0 Å². The second-order valence-corrected chi connectivity index (χ2v) is 2.74. The molecule has 0 saturated carbocycles. The van der Waals surface area contributed by atoms with Crippen LogP contribution >= 0.6 is 0 Å². The molecule has 2 aromatic rings. The van der Waals surface area contributed by atoms with Crippen LogP contribution in [0.1, 0.15) is 5.56 Å². The molecule has 1 heterocycles. The first-order valence-corrected chi connectivity index (χ1v) is 3.78. The topological polar surface area (TPSA) is 62.0 Å². The summed E-state index contributed by atoms with van der Waals surface area (Å²) >= 11 is 0. The van der Waals surface area contributed by atoms with Crippen molar-refractivity contribution in [3.63, 3.8) is 0 Å². The zero-order chi connectivity index (χ0) is 8.55. The molecule has 0 aliphatic heterocycles. The van der Waals surface area contributed by atoms with Gasteiger partial charge in [0, 0.05) is 28.4 Å². The van der Waals surface area contributed by atoms with Gasteiger partial charge in [-0.25, -0.2) is 0 Å². The van der Waals surface area contributed by atoms with Crippen LogP contribution in [0, 0.1) is 0 Å². The Morgan fingerprint density at radius 3 is 3.00 bits per heavy atom. The van der Waals surface area contributed by atoms with Crippen molar-refractivity contribution in [1.29, 1.82) is 0 Å². The maximum absolute atomic E-state index is 8.97. The molecule has 0 fully saturated rings. The van der Waals surface area contributed by atoms with Crippen LogP contribution in [-0.2, 0) is 6.61 Å². The number of rotatable bonds is 1. The highest BCUT2D eigenvalue weighted by molar-refractivity contribution is 5.93. The van der Waals surface area contributed by atoms with Gasteiger partial charge < -0.3 is 15.8 Å². The summed E-state index contributed by atoms with van der Waals surface area (Å²) in [5.74, 6) is 0. The summed E-state index contributed by atoms with van der Waals surface area (Å²) in [5.41, 5.74) is 8.27. The zero-order valence-corrected chi connectivity index (χ0v) is 6.54. The molecule has 1 aromatic heterocycles. The first-order valence-electron chi connectivity index (χ1n) is 3.78. The lowest BCUT2D eigenvalue weighted by Gasteiger charge is -1.97. The third kappa shape index (κ3) is 0.871. The minimum Gasteiger partial charge on any atom is -0.398 e. The standard InChI is InChI=1S/C9H10N2O/c10-7-2-1-3-8-9(7)6(5-12)4-11-8/h1-4,11-12H,5,10H2. The number of hydrogen-bond acceptors (Lipinski definition) is 2. The number of benzene rings is 1. The van der Waals surface area contributed by atoms with Crippen molar-refractivity contribution in [2.75, 3.05) is 5.73 Å². The van der Waals surface area contributed by atoms with Crippen molar-refractivity contribution >= 4 is 16.6 Å². The Kier molecular flexibility index (Phi) is 1.52. The average Bonchev–Trinajstić information content (AvgIpc) is 2.49. The highest BCUT2D eigenvalue weighted by Crippen LogP contribution is 2.23. The number of fused-ring (bicyclic) bond motifs is 1. The molecular formula is C9H10N2O. The van der Waals surface area contributed by atoms with E-state index in [9.17, 15) is 0 Å². The number of hydrogen-bond donors (Lipinski definition) is 3. The molecule has 3 heteroatoms. The minimum absolute atomic E-state index is 0.0220. The number of aliphatic hydroxyl groups is 1. The normalized spacial score (nSPS) is 10.8. The summed E-state index contributed by atoms with van der Waals surface area (Å²) in [6, 6.07) is 5.65. The van der Waals surface area contributed by atoms with E-state index >= 15 is 0 Å². The van der Waals surface area contributed by atoms with Gasteiger partial charge in [-0.2, -0.15) is 0 Å². The molecule has 1 aromatic carbocycles. The van der Waals surface area contributed by atoms with Crippen LogP contribution in [0.5, 0.6) is 0 Å². The maximum Gasteiger partial charge on any atom is 0.0703 e. The van der Waals surface area contributed by atoms with Crippen LogP contribution in [0.15, 0.2) is 24.4 Å². The first kappa shape index (κ1) is 7.18. The van der Waals surface area contributed by atoms with Gasteiger partial charge in [0.1, 0.15) is 0 Å². The van der Waals surface area contributed by atoms with Crippen molar-refractivity contribution in [1.82, 2.24) is 4.98 Å². The summed E-state index contributed by atoms with van der Waals surface area (Å²) in [7, 11) is 0. The van der Waals surface area contributed by atoms with Crippen LogP contribution in [-0.4, -0.2) is 10.1 Å². The molecule has 0 spiro atoms. The zero-order valence-electron chi connectivity index (χ0n) is 6.54. The molecule has 3 nitrogen and oxygen atoms in total. The largest absolute Gasteiger partial charge is 0.398 e. The Labute approximate surface area is 69.8 Å². The van der Waals surface area contributed by atoms with E-state index in [2.05, 4.69) is 4.98 Å². The molecule has 4 N–H and O–H groups in total. The third-order valence-corrected chi connectivity index (χ3v) is 1.99. The van der Waals surface area contributed by atoms with Gasteiger partial charge in [0.25, 0.3) is 0 Å². The first-order chi connectivity index (χ1) is 5.83. The molecular weight excluding hydrogens is 152 g/mol. The molecule has 0 aliphatic rings. The number of aliphatic hydroxyl groups excluding tert-OH is 1. The van der Waals surface area contributed by atoms with Crippen molar-refractivity contribution in [2.45, 2.75) is 6.61 Å². The molecule has 0 bridgehead atoms. The minimum atomic E-state index is 0.0220. The lowest BCUT2D eigenvalue weighted by molar-refractivity contribution is 0.283. The highest BCUT2D eigenvalue weighted by Gasteiger charge is 2.04. The summed E-state index contributed by atoms with van der Waals surface area (Å²) in [6.07, 6.45) is 1.78. The number of H-pyrrole nitrogens is 1. The van der Waals surface area contributed by atoms with Crippen molar-refractivity contribution in [3.8, 4) is 0 Å². The van der Waals surface area contributed by atoms with Crippen LogP contribution in [0.25, 0.3) is 10.9 Å². The van der Waals surface area contributed by atoms with E-state index < -0.39 is 0 Å². The second-order valence-electron chi connectivity index (χ2n) is 2.74. The lowest BCUT2D eigenvalue weighted by Crippen LogP contribution is -1.87. The number of anilines is 1. The number of nitrogens with one attached hydrogen (secondary N) is 1. The van der Waals surface area contributed by atoms with Gasteiger partial charge in [-0.3, -0.25) is 0 Å². The summed E-state index contributed by atoms with van der Waals surface area (Å²) in [6.45, 7) is 0.0220. The van der Waals surface area contributed by atoms with Crippen LogP contribution in [0.3, 0.4) is 0 Å². The predicted octanol–water partition coefficient (Wildman–Crippen LogP) is 1.24. The molecule has 62 valence electrons. The lowest BCUT2D eigenvalue weighted by atomic mass is 10.1. The van der Waals surface area contributed by atoms with Crippen molar-refractivity contribution < 1.29 is 5.11 Å². The van der Waals surface area contributed by atoms with Gasteiger partial charge in [0.2, 0.25) is 0 Å². The van der Waals surface area contributed by atoms with Gasteiger partial charge in [0.15, 0.2) is 0 Å². The fourth-order valence-electron chi connectivity index (χ4n) is 1.41. The molecule has 12 heavy (non-hydrogen) atoms. The predicted molar refractivity (Wildman–Crippen MR) is 48.6 cm³/mol. The maximum atomic E-state index is 8.97. The average molecular weight is 162 g/mol. The Hall–Kier alpha value is -1.48. The van der Waals surface area contributed by atoms with E-state index in [-0.39, 0.29) is 6.61 Å². The van der Waals surface area contributed by atoms with Crippen LogP contribution in [0.2, 0.25) is 0 Å². The number of aromatic amines is 1. The fourth-order valence-corrected chi connectivity index (χ4v) is 1.41. The van der Waals surface area contributed by atoms with Gasteiger partial charge >= 0.3 is 0 Å². The molecule has 0 amide bonds. The SMILES string of the molecule is Nc1cccc2[nH]cc(CO)c12. The fraction of sp³-hybridized carbons (Fsp3) is 0.111. The third-order valence-electron chi connectivity index (χ3n) is 1.99. The monoisotopic (exact) mass is 162 g/mol. The quantitative estimate of drug-likeness (QED) is 0.552. The number of aromatic nitrogens is 1. The summed E-state index contributed by atoms with van der Waals surface area (Å²) in [4.78, 5) is 3.04. The highest BCUT2D eigenvalue weighted by atomic mass is 16.3. The second kappa shape index (κ2) is 2.53. The Morgan fingerprint density at radius 2 is 2.25 bits per heavy atom. The van der Waals surface area contributed by atoms with E-state index in [0.29, 0.717) is 5.69 Å². The van der Waals surface area contributed by atoms with Crippen LogP contribution in [0.4, 0.5) is 5.69 Å². The van der Waals surface area contributed by atoms with Crippen LogP contribution < -0.4 is 5.73 Å². The van der Waals surface area contributed by atoms with E-state index in [1.165, 1.54) is 0 Å². The van der Waals surface area contributed by atoms with Crippen molar-refractivity contribution in [2.24, 2.45) is 0 Å². The Bertz CT molecular complexity index is 406. The molecule has 0 radical (unpaired) electrons. The molecule has 2 rings (SSSR count). The van der Waals surface area contributed by atoms with Gasteiger partial charge in [-0.1, -0.05) is 6.07 Å². The summed E-state index contributed by atoms with van der Waals surface area (Å²) < 4.78 is 0. The summed E-state index contributed by atoms with van der Waals surface area (Å²) in [5, 5.41) is 9.90. The molecule has 0 unspecified atom stereocenters. The van der Waals surface area contributed by atoms with Gasteiger partial charge in [0.05, 0.1) is 6.61 Å². The number of nitrogen functional groups attached to an aromatic ring is 1. The smallest absolute Gasteiger partial charge is 0.0703 e. The van der Waals surface area contributed by atoms with E-state index in [4.69, 9.17) is 10.8 Å². The van der Waals surface area contributed by atoms with Gasteiger partial charge in [-0.05, 0) is 12.1 Å². The molecule has 0 aliphatic carbocycles. The Morgan fingerprint density at radius 1 is 1.42 bits per heavy atom. The molecule has 0 saturated heterocycles. The van der Waals surface area contributed by atoms with E-state index in [1.807, 2.05) is 18.2 Å². The van der Waals surface area contributed by atoms with Gasteiger partial charge in [-0.15, -0.1) is 0 Å². The molecule has 0 atom stereocenters. The number of nitrogens with two attached hydrogens (primary N) is 1. The Balaban J connectivity index is 2.83. The van der Waals surface area contributed by atoms with E-state index in [1.54, 1.807) is 6.20 Å². The van der Waals surface area contributed by atoms with E-state index in [0.717, 1.165) is 16.5 Å².